The SMILES string of the molecule is CCCCCCCCCCCCCCCCC[CH]N. The zero-order valence-electron chi connectivity index (χ0n) is 13.5. The summed E-state index contributed by atoms with van der Waals surface area (Å²) in [5.74, 6) is 0. The third kappa shape index (κ3) is 18.0. The molecule has 1 heteroatoms. The Hall–Kier alpha value is -0.0400. The number of hydrogen-bond donors (Lipinski definition) is 1. The molecule has 0 rings (SSSR count). The quantitative estimate of drug-likeness (QED) is 0.323. The second kappa shape index (κ2) is 18.0. The summed E-state index contributed by atoms with van der Waals surface area (Å²) in [4.78, 5) is 0. The van der Waals surface area contributed by atoms with Crippen LogP contribution in [0, 0.1) is 6.54 Å². The minimum Gasteiger partial charge on any atom is -0.326 e. The van der Waals surface area contributed by atoms with Crippen molar-refractivity contribution in [2.75, 3.05) is 0 Å². The van der Waals surface area contributed by atoms with Gasteiger partial charge in [0.1, 0.15) is 0 Å². The van der Waals surface area contributed by atoms with Crippen molar-refractivity contribution in [2.45, 2.75) is 110 Å². The van der Waals surface area contributed by atoms with Crippen LogP contribution in [0.4, 0.5) is 0 Å². The predicted octanol–water partition coefficient (Wildman–Crippen LogP) is 6.37. The molecular weight excluding hydrogens is 230 g/mol. The molecule has 0 aliphatic carbocycles. The van der Waals surface area contributed by atoms with E-state index in [1.165, 1.54) is 96.3 Å². The monoisotopic (exact) mass is 268 g/mol. The summed E-state index contributed by atoms with van der Waals surface area (Å²) in [5, 5.41) is 0. The van der Waals surface area contributed by atoms with Crippen LogP contribution in [0.5, 0.6) is 0 Å². The van der Waals surface area contributed by atoms with Gasteiger partial charge in [-0.1, -0.05) is 103 Å². The van der Waals surface area contributed by atoms with Crippen molar-refractivity contribution in [3.05, 3.63) is 6.54 Å². The van der Waals surface area contributed by atoms with Crippen LogP contribution in [0.25, 0.3) is 0 Å². The van der Waals surface area contributed by atoms with E-state index in [0.717, 1.165) is 6.42 Å². The first-order valence-corrected chi connectivity index (χ1v) is 8.95. The van der Waals surface area contributed by atoms with Crippen LogP contribution < -0.4 is 5.73 Å². The molecule has 0 aliphatic rings. The van der Waals surface area contributed by atoms with E-state index in [4.69, 9.17) is 5.73 Å². The lowest BCUT2D eigenvalue weighted by Gasteiger charge is -2.03. The van der Waals surface area contributed by atoms with Gasteiger partial charge in [0, 0.05) is 6.54 Å². The van der Waals surface area contributed by atoms with Crippen LogP contribution in [-0.2, 0) is 0 Å². The zero-order chi connectivity index (χ0) is 14.0. The van der Waals surface area contributed by atoms with Crippen LogP contribution in [0.15, 0.2) is 0 Å². The van der Waals surface area contributed by atoms with Crippen LogP contribution in [0.2, 0.25) is 0 Å². The van der Waals surface area contributed by atoms with E-state index in [0.29, 0.717) is 0 Å². The summed E-state index contributed by atoms with van der Waals surface area (Å²) >= 11 is 0. The Bertz CT molecular complexity index is 129. The van der Waals surface area contributed by atoms with Gasteiger partial charge in [0.15, 0.2) is 0 Å². The van der Waals surface area contributed by atoms with E-state index in [9.17, 15) is 0 Å². The standard InChI is InChI=1S/C18H38N/c1-2-3-4-5-6-7-8-9-10-11-12-13-14-15-16-17-18-19/h18H,2-17,19H2,1H3. The molecule has 0 aromatic heterocycles. The van der Waals surface area contributed by atoms with E-state index >= 15 is 0 Å². The van der Waals surface area contributed by atoms with Gasteiger partial charge in [-0.25, -0.2) is 0 Å². The summed E-state index contributed by atoms with van der Waals surface area (Å²) in [7, 11) is 0. The topological polar surface area (TPSA) is 26.0 Å². The van der Waals surface area contributed by atoms with Gasteiger partial charge < -0.3 is 5.73 Å². The molecule has 0 atom stereocenters. The second-order valence-electron chi connectivity index (χ2n) is 5.97. The van der Waals surface area contributed by atoms with Gasteiger partial charge in [0.2, 0.25) is 0 Å². The molecule has 115 valence electrons. The van der Waals surface area contributed by atoms with Crippen LogP contribution in [-0.4, -0.2) is 0 Å². The van der Waals surface area contributed by atoms with Crippen molar-refractivity contribution in [3.8, 4) is 0 Å². The molecule has 19 heavy (non-hydrogen) atoms. The lowest BCUT2D eigenvalue weighted by atomic mass is 10.0. The molecule has 0 amide bonds. The first kappa shape index (κ1) is 19.0. The minimum absolute atomic E-state index is 1.10. The summed E-state index contributed by atoms with van der Waals surface area (Å²) < 4.78 is 0. The maximum absolute atomic E-state index is 5.36. The number of nitrogens with two attached hydrogens (primary N) is 1. The molecule has 0 saturated carbocycles. The Morgan fingerprint density at radius 1 is 0.526 bits per heavy atom. The van der Waals surface area contributed by atoms with Gasteiger partial charge in [-0.15, -0.1) is 0 Å². The van der Waals surface area contributed by atoms with Crippen molar-refractivity contribution in [1.82, 2.24) is 0 Å². The molecule has 1 radical (unpaired) electrons. The third-order valence-electron chi connectivity index (χ3n) is 3.97. The van der Waals surface area contributed by atoms with Crippen molar-refractivity contribution in [2.24, 2.45) is 5.73 Å². The summed E-state index contributed by atoms with van der Waals surface area (Å²) in [6.07, 6.45) is 22.6. The Kier molecular flexibility index (Phi) is 17.9. The van der Waals surface area contributed by atoms with Gasteiger partial charge >= 0.3 is 0 Å². The molecule has 0 aromatic rings. The molecule has 0 heterocycles. The number of rotatable bonds is 16. The molecule has 0 unspecified atom stereocenters. The minimum atomic E-state index is 1.10. The van der Waals surface area contributed by atoms with E-state index in [1.807, 2.05) is 0 Å². The zero-order valence-corrected chi connectivity index (χ0v) is 13.5. The van der Waals surface area contributed by atoms with E-state index < -0.39 is 0 Å². The summed E-state index contributed by atoms with van der Waals surface area (Å²) in [6, 6.07) is 0. The first-order chi connectivity index (χ1) is 9.41. The summed E-state index contributed by atoms with van der Waals surface area (Å²) in [5.41, 5.74) is 5.36. The van der Waals surface area contributed by atoms with Crippen molar-refractivity contribution >= 4 is 0 Å². The molecule has 0 aliphatic heterocycles. The lowest BCUT2D eigenvalue weighted by molar-refractivity contribution is 0.532. The van der Waals surface area contributed by atoms with Crippen molar-refractivity contribution in [3.63, 3.8) is 0 Å². The maximum atomic E-state index is 5.36. The fraction of sp³-hybridized carbons (Fsp3) is 0.944. The predicted molar refractivity (Wildman–Crippen MR) is 88.0 cm³/mol. The highest BCUT2D eigenvalue weighted by Gasteiger charge is 1.94. The van der Waals surface area contributed by atoms with Crippen LogP contribution in [0.3, 0.4) is 0 Å². The number of hydrogen-bond acceptors (Lipinski definition) is 1. The average Bonchev–Trinajstić information content (AvgIpc) is 2.43. The largest absolute Gasteiger partial charge is 0.326 e. The third-order valence-corrected chi connectivity index (χ3v) is 3.97. The number of unbranched alkanes of at least 4 members (excludes halogenated alkanes) is 15. The van der Waals surface area contributed by atoms with Gasteiger partial charge in [0.05, 0.1) is 0 Å². The van der Waals surface area contributed by atoms with Crippen LogP contribution >= 0.6 is 0 Å². The van der Waals surface area contributed by atoms with Crippen molar-refractivity contribution < 1.29 is 0 Å². The highest BCUT2D eigenvalue weighted by molar-refractivity contribution is 4.54. The van der Waals surface area contributed by atoms with Crippen LogP contribution in [0.1, 0.15) is 110 Å². The molecule has 0 fully saturated rings. The van der Waals surface area contributed by atoms with Crippen molar-refractivity contribution in [1.29, 1.82) is 0 Å². The molecule has 0 aromatic carbocycles. The Morgan fingerprint density at radius 2 is 0.842 bits per heavy atom. The van der Waals surface area contributed by atoms with E-state index in [1.54, 1.807) is 6.54 Å². The Morgan fingerprint density at radius 3 is 1.16 bits per heavy atom. The molecular formula is C18H38N. The summed E-state index contributed by atoms with van der Waals surface area (Å²) in [6.45, 7) is 4.08. The Labute approximate surface area is 122 Å². The highest BCUT2D eigenvalue weighted by atomic mass is 14.5. The van der Waals surface area contributed by atoms with Gasteiger partial charge in [-0.05, 0) is 6.42 Å². The highest BCUT2D eigenvalue weighted by Crippen LogP contribution is 2.13. The fourth-order valence-electron chi connectivity index (χ4n) is 2.63. The average molecular weight is 269 g/mol. The smallest absolute Gasteiger partial charge is 0.0192 e. The Balaban J connectivity index is 2.88. The first-order valence-electron chi connectivity index (χ1n) is 8.95. The van der Waals surface area contributed by atoms with Gasteiger partial charge in [0.25, 0.3) is 0 Å². The molecule has 1 nitrogen and oxygen atoms in total. The van der Waals surface area contributed by atoms with Gasteiger partial charge in [-0.3, -0.25) is 0 Å². The van der Waals surface area contributed by atoms with E-state index in [-0.39, 0.29) is 0 Å². The molecule has 0 spiro atoms. The van der Waals surface area contributed by atoms with Gasteiger partial charge in [-0.2, -0.15) is 0 Å². The van der Waals surface area contributed by atoms with E-state index in [2.05, 4.69) is 6.92 Å². The second-order valence-corrected chi connectivity index (χ2v) is 5.97. The molecule has 0 bridgehead atoms. The normalized spacial score (nSPS) is 11.1. The molecule has 2 N–H and O–H groups in total. The molecule has 0 saturated heterocycles. The lowest BCUT2D eigenvalue weighted by Crippen LogP contribution is -1.89. The maximum Gasteiger partial charge on any atom is 0.0192 e. The fourth-order valence-corrected chi connectivity index (χ4v) is 2.63.